The number of rotatable bonds is 6. The van der Waals surface area contributed by atoms with Gasteiger partial charge in [-0.25, -0.2) is 8.42 Å². The van der Waals surface area contributed by atoms with Gasteiger partial charge in [-0.05, 0) is 63.3 Å². The van der Waals surface area contributed by atoms with Crippen LogP contribution in [0.25, 0.3) is 0 Å². The lowest BCUT2D eigenvalue weighted by Crippen LogP contribution is -2.41. The lowest BCUT2D eigenvalue weighted by atomic mass is 9.96. The molecule has 0 aromatic heterocycles. The number of carbonyl (C=O) groups excluding carboxylic acids is 3. The Bertz CT molecular complexity index is 1240. The smallest absolute Gasteiger partial charge is 0.255 e. The first kappa shape index (κ1) is 25.1. The second-order valence-electron chi connectivity index (χ2n) is 9.25. The van der Waals surface area contributed by atoms with Gasteiger partial charge in [0.25, 0.3) is 5.91 Å². The Labute approximate surface area is 206 Å². The number of anilines is 1. The molecule has 0 unspecified atom stereocenters. The normalized spacial score (nSPS) is 17.4. The number of amides is 2. The number of nitrogens with one attached hydrogen (secondary N) is 1. The van der Waals surface area contributed by atoms with Crippen LogP contribution in [0.5, 0.6) is 0 Å². The summed E-state index contributed by atoms with van der Waals surface area (Å²) in [4.78, 5) is 39.7. The third-order valence-corrected chi connectivity index (χ3v) is 8.74. The fourth-order valence-electron chi connectivity index (χ4n) is 4.71. The Kier molecular flexibility index (Phi) is 7.37. The molecule has 0 atom stereocenters. The average Bonchev–Trinajstić information content (AvgIpc) is 3.40. The van der Waals surface area contributed by atoms with E-state index < -0.39 is 10.0 Å². The standard InChI is InChI=1S/C26H31N3O5S/c1-18-7-5-10-23(26(32)28-13-3-4-14-28)24(18)27-25(31)20-11-15-29(16-12-20)35(33,34)22-9-6-8-21(17-22)19(2)30/h5-10,17,20H,3-4,11-16H2,1-2H3,(H,27,31). The van der Waals surface area contributed by atoms with E-state index in [-0.39, 0.29) is 41.5 Å². The second kappa shape index (κ2) is 10.3. The zero-order valence-electron chi connectivity index (χ0n) is 20.1. The molecule has 0 bridgehead atoms. The molecule has 0 aliphatic carbocycles. The van der Waals surface area contributed by atoms with Gasteiger partial charge in [0.1, 0.15) is 0 Å². The fourth-order valence-corrected chi connectivity index (χ4v) is 6.23. The molecule has 0 radical (unpaired) electrons. The average molecular weight is 498 g/mol. The van der Waals surface area contributed by atoms with E-state index in [1.165, 1.54) is 23.4 Å². The summed E-state index contributed by atoms with van der Waals surface area (Å²) in [5.74, 6) is -0.837. The second-order valence-corrected chi connectivity index (χ2v) is 11.2. The molecule has 186 valence electrons. The van der Waals surface area contributed by atoms with Gasteiger partial charge in [0, 0.05) is 37.7 Å². The summed E-state index contributed by atoms with van der Waals surface area (Å²) >= 11 is 0. The molecule has 2 saturated heterocycles. The summed E-state index contributed by atoms with van der Waals surface area (Å²) in [6, 6.07) is 11.5. The van der Waals surface area contributed by atoms with Crippen molar-refractivity contribution in [2.45, 2.75) is 44.4 Å². The van der Waals surface area contributed by atoms with Crippen molar-refractivity contribution >= 4 is 33.3 Å². The molecule has 4 rings (SSSR count). The number of sulfonamides is 1. The van der Waals surface area contributed by atoms with E-state index >= 15 is 0 Å². The topological polar surface area (TPSA) is 104 Å². The van der Waals surface area contributed by atoms with Crippen molar-refractivity contribution in [1.82, 2.24) is 9.21 Å². The molecule has 2 fully saturated rings. The van der Waals surface area contributed by atoms with E-state index in [2.05, 4.69) is 5.32 Å². The molecule has 35 heavy (non-hydrogen) atoms. The van der Waals surface area contributed by atoms with E-state index in [1.807, 2.05) is 24.0 Å². The van der Waals surface area contributed by atoms with E-state index in [0.717, 1.165) is 31.5 Å². The SMILES string of the molecule is CC(=O)c1cccc(S(=O)(=O)N2CCC(C(=O)Nc3c(C)cccc3C(=O)N3CCCC3)CC2)c1. The molecule has 2 amide bonds. The van der Waals surface area contributed by atoms with Crippen LogP contribution < -0.4 is 5.32 Å². The highest BCUT2D eigenvalue weighted by atomic mass is 32.2. The molecular weight excluding hydrogens is 466 g/mol. The summed E-state index contributed by atoms with van der Waals surface area (Å²) in [5, 5.41) is 2.97. The summed E-state index contributed by atoms with van der Waals surface area (Å²) in [7, 11) is -3.76. The number of hydrogen-bond acceptors (Lipinski definition) is 5. The molecule has 2 aromatic rings. The number of piperidine rings is 1. The number of ketones is 1. The van der Waals surface area contributed by atoms with Crippen molar-refractivity contribution in [3.05, 3.63) is 59.2 Å². The van der Waals surface area contributed by atoms with Gasteiger partial charge in [0.15, 0.2) is 5.78 Å². The Balaban J connectivity index is 1.44. The maximum absolute atomic E-state index is 13.1. The summed E-state index contributed by atoms with van der Waals surface area (Å²) in [6.45, 7) is 5.12. The van der Waals surface area contributed by atoms with Gasteiger partial charge >= 0.3 is 0 Å². The molecule has 2 heterocycles. The van der Waals surface area contributed by atoms with Crippen molar-refractivity contribution in [2.24, 2.45) is 5.92 Å². The van der Waals surface area contributed by atoms with Crippen LogP contribution in [-0.4, -0.2) is 61.4 Å². The predicted molar refractivity (Wildman–Crippen MR) is 133 cm³/mol. The Morgan fingerprint density at radius 1 is 0.943 bits per heavy atom. The van der Waals surface area contributed by atoms with Crippen molar-refractivity contribution in [1.29, 1.82) is 0 Å². The Morgan fingerprint density at radius 3 is 2.26 bits per heavy atom. The lowest BCUT2D eigenvalue weighted by Gasteiger charge is -2.31. The lowest BCUT2D eigenvalue weighted by molar-refractivity contribution is -0.120. The zero-order valence-corrected chi connectivity index (χ0v) is 20.9. The van der Waals surface area contributed by atoms with Crippen LogP contribution in [0, 0.1) is 12.8 Å². The number of carbonyl (C=O) groups is 3. The number of para-hydroxylation sites is 1. The van der Waals surface area contributed by atoms with E-state index in [4.69, 9.17) is 0 Å². The van der Waals surface area contributed by atoms with Crippen LogP contribution >= 0.6 is 0 Å². The summed E-state index contributed by atoms with van der Waals surface area (Å²) in [5.41, 5.74) is 2.18. The van der Waals surface area contributed by atoms with Crippen molar-refractivity contribution in [2.75, 3.05) is 31.5 Å². The monoisotopic (exact) mass is 497 g/mol. The fraction of sp³-hybridized carbons (Fsp3) is 0.423. The quantitative estimate of drug-likeness (QED) is 0.616. The number of Topliss-reactive ketones (excluding diaryl/α,β-unsaturated/α-hetero) is 1. The van der Waals surface area contributed by atoms with E-state index in [9.17, 15) is 22.8 Å². The molecule has 8 nitrogen and oxygen atoms in total. The van der Waals surface area contributed by atoms with Gasteiger partial charge < -0.3 is 10.2 Å². The highest BCUT2D eigenvalue weighted by molar-refractivity contribution is 7.89. The predicted octanol–water partition coefficient (Wildman–Crippen LogP) is 3.47. The molecule has 0 spiro atoms. The Hall–Kier alpha value is -3.04. The number of benzene rings is 2. The minimum Gasteiger partial charge on any atom is -0.339 e. The molecule has 9 heteroatoms. The van der Waals surface area contributed by atoms with Crippen LogP contribution in [0.1, 0.15) is 58.9 Å². The van der Waals surface area contributed by atoms with Crippen LogP contribution in [0.4, 0.5) is 5.69 Å². The van der Waals surface area contributed by atoms with Crippen molar-refractivity contribution in [3.63, 3.8) is 0 Å². The van der Waals surface area contributed by atoms with Gasteiger partial charge in [0.2, 0.25) is 15.9 Å². The minimum absolute atomic E-state index is 0.0739. The summed E-state index contributed by atoms with van der Waals surface area (Å²) in [6.07, 6.45) is 2.72. The highest BCUT2D eigenvalue weighted by Crippen LogP contribution is 2.28. The van der Waals surface area contributed by atoms with Crippen LogP contribution in [0.2, 0.25) is 0 Å². The molecule has 0 saturated carbocycles. The maximum atomic E-state index is 13.1. The van der Waals surface area contributed by atoms with Gasteiger partial charge in [-0.15, -0.1) is 0 Å². The third kappa shape index (κ3) is 5.31. The number of hydrogen-bond donors (Lipinski definition) is 1. The number of aryl methyl sites for hydroxylation is 1. The molecule has 1 N–H and O–H groups in total. The van der Waals surface area contributed by atoms with E-state index in [1.54, 1.807) is 18.2 Å². The first-order valence-electron chi connectivity index (χ1n) is 12.0. The van der Waals surface area contributed by atoms with E-state index in [0.29, 0.717) is 29.7 Å². The molecular formula is C26H31N3O5S. The maximum Gasteiger partial charge on any atom is 0.255 e. The van der Waals surface area contributed by atoms with Gasteiger partial charge in [-0.2, -0.15) is 4.31 Å². The zero-order chi connectivity index (χ0) is 25.2. The minimum atomic E-state index is -3.76. The Morgan fingerprint density at radius 2 is 1.60 bits per heavy atom. The first-order chi connectivity index (χ1) is 16.7. The molecule has 2 aromatic carbocycles. The molecule has 2 aliphatic rings. The largest absolute Gasteiger partial charge is 0.339 e. The number of nitrogens with zero attached hydrogens (tertiary/aromatic N) is 2. The van der Waals surface area contributed by atoms with Crippen molar-refractivity contribution in [3.8, 4) is 0 Å². The van der Waals surface area contributed by atoms with Gasteiger partial charge in [0.05, 0.1) is 16.1 Å². The molecule has 2 aliphatic heterocycles. The first-order valence-corrected chi connectivity index (χ1v) is 13.4. The van der Waals surface area contributed by atoms with Crippen LogP contribution in [-0.2, 0) is 14.8 Å². The van der Waals surface area contributed by atoms with Crippen molar-refractivity contribution < 1.29 is 22.8 Å². The van der Waals surface area contributed by atoms with Gasteiger partial charge in [-0.1, -0.05) is 24.3 Å². The third-order valence-electron chi connectivity index (χ3n) is 6.85. The number of likely N-dealkylation sites (tertiary alicyclic amines) is 1. The van der Waals surface area contributed by atoms with Gasteiger partial charge in [-0.3, -0.25) is 14.4 Å². The van der Waals surface area contributed by atoms with Crippen LogP contribution in [0.3, 0.4) is 0 Å². The highest BCUT2D eigenvalue weighted by Gasteiger charge is 2.33. The summed E-state index contributed by atoms with van der Waals surface area (Å²) < 4.78 is 27.6. The van der Waals surface area contributed by atoms with Crippen LogP contribution in [0.15, 0.2) is 47.4 Å².